The van der Waals surface area contributed by atoms with E-state index in [1.807, 2.05) is 67.6 Å². The molecule has 2 aromatic heterocycles. The molecule has 2 heterocycles. The van der Waals surface area contributed by atoms with E-state index in [4.69, 9.17) is 4.42 Å². The number of nitrogens with zero attached hydrogens (tertiary/aromatic N) is 2. The lowest BCUT2D eigenvalue weighted by Crippen LogP contribution is -2.30. The van der Waals surface area contributed by atoms with Crippen LogP contribution in [0.1, 0.15) is 18.5 Å². The van der Waals surface area contributed by atoms with Gasteiger partial charge in [-0.2, -0.15) is 4.98 Å². The van der Waals surface area contributed by atoms with Crippen molar-refractivity contribution in [3.8, 4) is 11.4 Å². The molecule has 5 rings (SSSR count). The summed E-state index contributed by atoms with van der Waals surface area (Å²) in [7, 11) is 0. The van der Waals surface area contributed by atoms with Crippen molar-refractivity contribution in [1.82, 2.24) is 9.55 Å². The molecule has 0 spiro atoms. The zero-order chi connectivity index (χ0) is 20.7. The van der Waals surface area contributed by atoms with Crippen molar-refractivity contribution in [2.24, 2.45) is 0 Å². The maximum Gasteiger partial charge on any atom is 0.269 e. The van der Waals surface area contributed by atoms with E-state index in [0.717, 1.165) is 11.1 Å². The Morgan fingerprint density at radius 3 is 2.20 bits per heavy atom. The van der Waals surface area contributed by atoms with Crippen LogP contribution in [0.3, 0.4) is 0 Å². The van der Waals surface area contributed by atoms with Gasteiger partial charge in [0.15, 0.2) is 5.39 Å². The Balaban J connectivity index is 1.92. The lowest BCUT2D eigenvalue weighted by molar-refractivity contribution is 0.597. The first-order valence-electron chi connectivity index (χ1n) is 9.73. The second kappa shape index (κ2) is 7.12. The number of fused-ring (bicyclic) bond motifs is 2. The molecule has 5 nitrogen and oxygen atoms in total. The molecule has 0 aliphatic heterocycles. The van der Waals surface area contributed by atoms with E-state index in [1.165, 1.54) is 0 Å². The second-order valence-corrected chi connectivity index (χ2v) is 7.17. The van der Waals surface area contributed by atoms with E-state index < -0.39 is 5.56 Å². The van der Waals surface area contributed by atoms with Crippen molar-refractivity contribution >= 4 is 22.1 Å². The molecule has 0 bridgehead atoms. The first-order chi connectivity index (χ1) is 14.6. The third-order valence-electron chi connectivity index (χ3n) is 5.35. The highest BCUT2D eigenvalue weighted by atomic mass is 16.3. The second-order valence-electron chi connectivity index (χ2n) is 7.17. The Bertz CT molecular complexity index is 1490. The third kappa shape index (κ3) is 2.83. The van der Waals surface area contributed by atoms with E-state index in [9.17, 15) is 9.59 Å². The monoisotopic (exact) mass is 394 g/mol. The van der Waals surface area contributed by atoms with Gasteiger partial charge in [0, 0.05) is 5.56 Å². The quantitative estimate of drug-likeness (QED) is 0.413. The molecule has 0 saturated carbocycles. The van der Waals surface area contributed by atoms with Gasteiger partial charge in [-0.3, -0.25) is 14.2 Å². The van der Waals surface area contributed by atoms with Gasteiger partial charge in [-0.15, -0.1) is 0 Å². The highest BCUT2D eigenvalue weighted by Crippen LogP contribution is 2.25. The SMILES string of the molecule is CC(c1ccccc1)n1c(-c2ccccc2)nc2oc3ccccc3c(=O)c2c1=O. The number of para-hydroxylation sites is 1. The van der Waals surface area contributed by atoms with Crippen molar-refractivity contribution in [1.29, 1.82) is 0 Å². The van der Waals surface area contributed by atoms with Crippen molar-refractivity contribution in [3.63, 3.8) is 0 Å². The lowest BCUT2D eigenvalue weighted by atomic mass is 10.1. The van der Waals surface area contributed by atoms with Gasteiger partial charge in [0.1, 0.15) is 11.4 Å². The van der Waals surface area contributed by atoms with Crippen LogP contribution < -0.4 is 11.0 Å². The Labute approximate surface area is 171 Å². The molecular formula is C25H18N2O3. The van der Waals surface area contributed by atoms with Crippen LogP contribution in [0.5, 0.6) is 0 Å². The third-order valence-corrected chi connectivity index (χ3v) is 5.35. The average Bonchev–Trinajstić information content (AvgIpc) is 2.79. The van der Waals surface area contributed by atoms with Crippen molar-refractivity contribution in [3.05, 3.63) is 111 Å². The van der Waals surface area contributed by atoms with Gasteiger partial charge < -0.3 is 4.42 Å². The summed E-state index contributed by atoms with van der Waals surface area (Å²) in [5.74, 6) is 0.461. The van der Waals surface area contributed by atoms with Gasteiger partial charge >= 0.3 is 0 Å². The standard InChI is InChI=1S/C25H18N2O3/c1-16(17-10-4-2-5-11-17)27-23(18-12-6-3-7-13-18)26-24-21(25(27)29)22(28)19-14-8-9-15-20(19)30-24/h2-16H,1H3. The molecule has 0 aliphatic carbocycles. The maximum atomic E-state index is 13.7. The molecule has 0 amide bonds. The van der Waals surface area contributed by atoms with Crippen LogP contribution in [0, 0.1) is 0 Å². The molecule has 1 atom stereocenters. The van der Waals surface area contributed by atoms with Crippen LogP contribution in [0.15, 0.2) is 98.9 Å². The number of aromatic nitrogens is 2. The number of benzene rings is 3. The summed E-state index contributed by atoms with van der Waals surface area (Å²) in [5.41, 5.74) is 1.42. The minimum absolute atomic E-state index is 0.0313. The van der Waals surface area contributed by atoms with Crippen LogP contribution in [0.2, 0.25) is 0 Å². The smallest absolute Gasteiger partial charge is 0.269 e. The Kier molecular flexibility index (Phi) is 4.29. The average molecular weight is 394 g/mol. The maximum absolute atomic E-state index is 13.7. The van der Waals surface area contributed by atoms with Gasteiger partial charge in [-0.05, 0) is 24.6 Å². The van der Waals surface area contributed by atoms with E-state index >= 15 is 0 Å². The Hall–Kier alpha value is -3.99. The van der Waals surface area contributed by atoms with E-state index in [-0.39, 0.29) is 22.6 Å². The zero-order valence-corrected chi connectivity index (χ0v) is 16.3. The summed E-state index contributed by atoms with van der Waals surface area (Å²) in [6.45, 7) is 1.93. The summed E-state index contributed by atoms with van der Waals surface area (Å²) >= 11 is 0. The van der Waals surface area contributed by atoms with E-state index in [0.29, 0.717) is 16.8 Å². The minimum Gasteiger partial charge on any atom is -0.437 e. The molecule has 5 heteroatoms. The first-order valence-corrected chi connectivity index (χ1v) is 9.73. The number of hydrogen-bond acceptors (Lipinski definition) is 4. The van der Waals surface area contributed by atoms with Crippen LogP contribution in [-0.2, 0) is 0 Å². The predicted octanol–water partition coefficient (Wildman–Crippen LogP) is 4.78. The van der Waals surface area contributed by atoms with Crippen molar-refractivity contribution < 1.29 is 4.42 Å². The zero-order valence-electron chi connectivity index (χ0n) is 16.3. The molecule has 3 aromatic carbocycles. The summed E-state index contributed by atoms with van der Waals surface area (Å²) in [6.07, 6.45) is 0. The molecule has 30 heavy (non-hydrogen) atoms. The molecular weight excluding hydrogens is 376 g/mol. The fourth-order valence-corrected chi connectivity index (χ4v) is 3.80. The molecule has 0 aliphatic rings. The van der Waals surface area contributed by atoms with Gasteiger partial charge in [-0.25, -0.2) is 0 Å². The molecule has 0 saturated heterocycles. The van der Waals surface area contributed by atoms with Gasteiger partial charge in [-0.1, -0.05) is 72.8 Å². The van der Waals surface area contributed by atoms with E-state index in [1.54, 1.807) is 28.8 Å². The molecule has 146 valence electrons. The summed E-state index contributed by atoms with van der Waals surface area (Å²) in [6, 6.07) is 25.7. The molecule has 1 unspecified atom stereocenters. The lowest BCUT2D eigenvalue weighted by Gasteiger charge is -2.20. The summed E-state index contributed by atoms with van der Waals surface area (Å²) in [4.78, 5) is 31.5. The molecule has 0 fully saturated rings. The van der Waals surface area contributed by atoms with Crippen LogP contribution >= 0.6 is 0 Å². The summed E-state index contributed by atoms with van der Waals surface area (Å²) in [5, 5.41) is 0.339. The minimum atomic E-state index is -0.408. The Morgan fingerprint density at radius 2 is 1.47 bits per heavy atom. The van der Waals surface area contributed by atoms with Crippen molar-refractivity contribution in [2.75, 3.05) is 0 Å². The fraction of sp³-hybridized carbons (Fsp3) is 0.0800. The topological polar surface area (TPSA) is 65.1 Å². The predicted molar refractivity (Wildman–Crippen MR) is 118 cm³/mol. The van der Waals surface area contributed by atoms with Gasteiger partial charge in [0.2, 0.25) is 11.1 Å². The summed E-state index contributed by atoms with van der Waals surface area (Å²) < 4.78 is 7.47. The van der Waals surface area contributed by atoms with Gasteiger partial charge in [0.05, 0.1) is 11.4 Å². The first kappa shape index (κ1) is 18.1. The van der Waals surface area contributed by atoms with Crippen molar-refractivity contribution in [2.45, 2.75) is 13.0 Å². The van der Waals surface area contributed by atoms with Gasteiger partial charge in [0.25, 0.3) is 5.56 Å². The highest BCUT2D eigenvalue weighted by molar-refractivity contribution is 5.88. The fourth-order valence-electron chi connectivity index (χ4n) is 3.80. The molecule has 0 N–H and O–H groups in total. The van der Waals surface area contributed by atoms with E-state index in [2.05, 4.69) is 4.98 Å². The molecule has 0 radical (unpaired) electrons. The van der Waals surface area contributed by atoms with Crippen LogP contribution in [0.25, 0.3) is 33.5 Å². The number of hydrogen-bond donors (Lipinski definition) is 0. The van der Waals surface area contributed by atoms with Crippen LogP contribution in [0.4, 0.5) is 0 Å². The van der Waals surface area contributed by atoms with Crippen LogP contribution in [-0.4, -0.2) is 9.55 Å². The largest absolute Gasteiger partial charge is 0.437 e. The molecule has 5 aromatic rings. The normalized spacial score (nSPS) is 12.3. The number of rotatable bonds is 3. The highest BCUT2D eigenvalue weighted by Gasteiger charge is 2.22. The Morgan fingerprint density at radius 1 is 0.833 bits per heavy atom.